The summed E-state index contributed by atoms with van der Waals surface area (Å²) in [5.74, 6) is -0.790. The van der Waals surface area contributed by atoms with E-state index in [1.54, 1.807) is 6.07 Å². The second-order valence-electron chi connectivity index (χ2n) is 5.01. The molecule has 1 atom stereocenters. The van der Waals surface area contributed by atoms with E-state index < -0.39 is 15.8 Å². The van der Waals surface area contributed by atoms with Crippen molar-refractivity contribution >= 4 is 10.0 Å². The summed E-state index contributed by atoms with van der Waals surface area (Å²) in [4.78, 5) is 0. The molecule has 0 aliphatic heterocycles. The summed E-state index contributed by atoms with van der Waals surface area (Å²) >= 11 is 0. The Morgan fingerprint density at radius 1 is 1.05 bits per heavy atom. The van der Waals surface area contributed by atoms with E-state index in [0.29, 0.717) is 6.54 Å². The van der Waals surface area contributed by atoms with Gasteiger partial charge in [-0.25, -0.2) is 17.5 Å². The molecule has 0 amide bonds. The van der Waals surface area contributed by atoms with Crippen LogP contribution in [0.25, 0.3) is 0 Å². The minimum atomic E-state index is -3.55. The van der Waals surface area contributed by atoms with Crippen molar-refractivity contribution in [3.05, 3.63) is 71.5 Å². The summed E-state index contributed by atoms with van der Waals surface area (Å²) in [6, 6.07) is 15.6. The molecule has 0 saturated heterocycles. The highest BCUT2D eigenvalue weighted by Gasteiger charge is 2.15. The first-order valence-corrected chi connectivity index (χ1v) is 8.39. The predicted octanol–water partition coefficient (Wildman–Crippen LogP) is 3.05. The molecular formula is C16H18FNO2S. The van der Waals surface area contributed by atoms with Crippen LogP contribution in [0.3, 0.4) is 0 Å². The molecule has 0 fully saturated rings. The number of rotatable bonds is 6. The van der Waals surface area contributed by atoms with Gasteiger partial charge in [-0.05, 0) is 17.5 Å². The Balaban J connectivity index is 1.97. The summed E-state index contributed by atoms with van der Waals surface area (Å²) in [5, 5.41) is 0. The van der Waals surface area contributed by atoms with Gasteiger partial charge >= 0.3 is 0 Å². The van der Waals surface area contributed by atoms with Crippen molar-refractivity contribution in [3.63, 3.8) is 0 Å². The molecule has 1 N–H and O–H groups in total. The summed E-state index contributed by atoms with van der Waals surface area (Å²) in [6.07, 6.45) is 0. The van der Waals surface area contributed by atoms with E-state index in [4.69, 9.17) is 0 Å². The normalized spacial score (nSPS) is 13.0. The molecule has 0 aliphatic carbocycles. The Morgan fingerprint density at radius 2 is 1.67 bits per heavy atom. The van der Waals surface area contributed by atoms with Crippen LogP contribution in [0.2, 0.25) is 0 Å². The molecule has 112 valence electrons. The van der Waals surface area contributed by atoms with E-state index in [2.05, 4.69) is 4.72 Å². The van der Waals surface area contributed by atoms with Crippen LogP contribution >= 0.6 is 0 Å². The lowest BCUT2D eigenvalue weighted by Gasteiger charge is -2.13. The zero-order valence-corrected chi connectivity index (χ0v) is 12.6. The fraction of sp³-hybridized carbons (Fsp3) is 0.250. The maximum Gasteiger partial charge on any atom is 0.215 e. The van der Waals surface area contributed by atoms with Crippen molar-refractivity contribution in [1.82, 2.24) is 4.72 Å². The van der Waals surface area contributed by atoms with Crippen molar-refractivity contribution in [2.45, 2.75) is 18.6 Å². The van der Waals surface area contributed by atoms with Gasteiger partial charge in [0.1, 0.15) is 5.82 Å². The second kappa shape index (κ2) is 6.83. The number of hydrogen-bond donors (Lipinski definition) is 1. The Hall–Kier alpha value is -1.72. The summed E-state index contributed by atoms with van der Waals surface area (Å²) < 4.78 is 40.1. The maximum atomic E-state index is 13.5. The molecule has 0 spiro atoms. The van der Waals surface area contributed by atoms with Crippen molar-refractivity contribution in [2.24, 2.45) is 0 Å². The van der Waals surface area contributed by atoms with Gasteiger partial charge in [0, 0.05) is 12.1 Å². The summed E-state index contributed by atoms with van der Waals surface area (Å²) in [6.45, 7) is 2.24. The zero-order valence-electron chi connectivity index (χ0n) is 11.8. The third kappa shape index (κ3) is 4.65. The van der Waals surface area contributed by atoms with Crippen LogP contribution in [0.15, 0.2) is 54.6 Å². The highest BCUT2D eigenvalue weighted by molar-refractivity contribution is 7.88. The maximum absolute atomic E-state index is 13.5. The van der Waals surface area contributed by atoms with E-state index in [1.165, 1.54) is 18.2 Å². The molecule has 1 unspecified atom stereocenters. The average molecular weight is 307 g/mol. The Bertz CT molecular complexity index is 686. The SMILES string of the molecule is CC(CNS(=O)(=O)Cc1ccccc1F)c1ccccc1. The van der Waals surface area contributed by atoms with E-state index in [0.717, 1.165) is 5.56 Å². The minimum absolute atomic E-state index is 0.0570. The lowest BCUT2D eigenvalue weighted by Crippen LogP contribution is -2.29. The smallest absolute Gasteiger partial charge is 0.214 e. The third-order valence-corrected chi connectivity index (χ3v) is 4.58. The van der Waals surface area contributed by atoms with Crippen LogP contribution in [-0.4, -0.2) is 15.0 Å². The predicted molar refractivity (Wildman–Crippen MR) is 81.9 cm³/mol. The molecule has 3 nitrogen and oxygen atoms in total. The molecular weight excluding hydrogens is 289 g/mol. The number of hydrogen-bond acceptors (Lipinski definition) is 2. The fourth-order valence-electron chi connectivity index (χ4n) is 2.02. The molecule has 0 heterocycles. The first kappa shape index (κ1) is 15.7. The molecule has 2 aromatic rings. The van der Waals surface area contributed by atoms with Gasteiger partial charge in [-0.1, -0.05) is 55.5 Å². The number of halogens is 1. The van der Waals surface area contributed by atoms with E-state index in [1.807, 2.05) is 37.3 Å². The van der Waals surface area contributed by atoms with Crippen LogP contribution in [0.1, 0.15) is 24.0 Å². The molecule has 0 bridgehead atoms. The van der Waals surface area contributed by atoms with Gasteiger partial charge < -0.3 is 0 Å². The van der Waals surface area contributed by atoms with Crippen molar-refractivity contribution in [3.8, 4) is 0 Å². The fourth-order valence-corrected chi connectivity index (χ4v) is 3.27. The largest absolute Gasteiger partial charge is 0.215 e. The summed E-state index contributed by atoms with van der Waals surface area (Å²) in [7, 11) is -3.55. The first-order chi connectivity index (χ1) is 9.98. The van der Waals surface area contributed by atoms with Gasteiger partial charge in [-0.15, -0.1) is 0 Å². The van der Waals surface area contributed by atoms with Crippen LogP contribution in [0.4, 0.5) is 4.39 Å². The number of benzene rings is 2. The van der Waals surface area contributed by atoms with Crippen LogP contribution in [-0.2, 0) is 15.8 Å². The number of sulfonamides is 1. The lowest BCUT2D eigenvalue weighted by molar-refractivity contribution is 0.569. The topological polar surface area (TPSA) is 46.2 Å². The van der Waals surface area contributed by atoms with E-state index in [9.17, 15) is 12.8 Å². The molecule has 0 aliphatic rings. The molecule has 0 radical (unpaired) electrons. The monoisotopic (exact) mass is 307 g/mol. The van der Waals surface area contributed by atoms with Crippen LogP contribution < -0.4 is 4.72 Å². The molecule has 5 heteroatoms. The van der Waals surface area contributed by atoms with Crippen LogP contribution in [0, 0.1) is 5.82 Å². The molecule has 0 saturated carbocycles. The highest BCUT2D eigenvalue weighted by atomic mass is 32.2. The average Bonchev–Trinajstić information content (AvgIpc) is 2.48. The van der Waals surface area contributed by atoms with Gasteiger partial charge in [0.15, 0.2) is 0 Å². The van der Waals surface area contributed by atoms with E-state index in [-0.39, 0.29) is 17.2 Å². The molecule has 21 heavy (non-hydrogen) atoms. The second-order valence-corrected chi connectivity index (χ2v) is 6.82. The van der Waals surface area contributed by atoms with E-state index >= 15 is 0 Å². The quantitative estimate of drug-likeness (QED) is 0.891. The lowest BCUT2D eigenvalue weighted by atomic mass is 10.0. The highest BCUT2D eigenvalue weighted by Crippen LogP contribution is 2.15. The van der Waals surface area contributed by atoms with Crippen molar-refractivity contribution in [2.75, 3.05) is 6.54 Å². The van der Waals surface area contributed by atoms with Gasteiger partial charge in [0.2, 0.25) is 10.0 Å². The van der Waals surface area contributed by atoms with Crippen molar-refractivity contribution in [1.29, 1.82) is 0 Å². The van der Waals surface area contributed by atoms with Gasteiger partial charge in [-0.2, -0.15) is 0 Å². The standard InChI is InChI=1S/C16H18FNO2S/c1-13(14-7-3-2-4-8-14)11-18-21(19,20)12-15-9-5-6-10-16(15)17/h2-10,13,18H,11-12H2,1H3. The first-order valence-electron chi connectivity index (χ1n) is 6.73. The minimum Gasteiger partial charge on any atom is -0.214 e. The Kier molecular flexibility index (Phi) is 5.09. The van der Waals surface area contributed by atoms with Gasteiger partial charge in [0.05, 0.1) is 5.75 Å². The Labute approximate surface area is 124 Å². The van der Waals surface area contributed by atoms with Crippen LogP contribution in [0.5, 0.6) is 0 Å². The Morgan fingerprint density at radius 3 is 2.33 bits per heavy atom. The third-order valence-electron chi connectivity index (χ3n) is 3.28. The van der Waals surface area contributed by atoms with Gasteiger partial charge in [0.25, 0.3) is 0 Å². The summed E-state index contributed by atoms with van der Waals surface area (Å²) in [5.41, 5.74) is 1.24. The van der Waals surface area contributed by atoms with Crippen molar-refractivity contribution < 1.29 is 12.8 Å². The molecule has 2 aromatic carbocycles. The number of nitrogens with one attached hydrogen (secondary N) is 1. The van der Waals surface area contributed by atoms with Gasteiger partial charge in [-0.3, -0.25) is 0 Å². The molecule has 2 rings (SSSR count). The zero-order chi connectivity index (χ0) is 15.3. The molecule has 0 aromatic heterocycles.